The summed E-state index contributed by atoms with van der Waals surface area (Å²) < 4.78 is 0. The first-order chi connectivity index (χ1) is 6.29. The SMILES string of the molecule is CCCC(C)C1CCCC1NCC. The predicted octanol–water partition coefficient (Wildman–Crippen LogP) is 3.20. The van der Waals surface area contributed by atoms with Gasteiger partial charge in [0.1, 0.15) is 0 Å². The van der Waals surface area contributed by atoms with Gasteiger partial charge in [-0.3, -0.25) is 0 Å². The second kappa shape index (κ2) is 5.64. The number of hydrogen-bond acceptors (Lipinski definition) is 1. The standard InChI is InChI=1S/C12H25N/c1-4-7-10(3)11-8-6-9-12(11)13-5-2/h10-13H,4-9H2,1-3H3. The molecule has 78 valence electrons. The third-order valence-electron chi connectivity index (χ3n) is 3.51. The first-order valence-electron chi connectivity index (χ1n) is 6.03. The van der Waals surface area contributed by atoms with Gasteiger partial charge >= 0.3 is 0 Å². The summed E-state index contributed by atoms with van der Waals surface area (Å²) in [4.78, 5) is 0. The van der Waals surface area contributed by atoms with Crippen LogP contribution in [0.2, 0.25) is 0 Å². The zero-order valence-corrected chi connectivity index (χ0v) is 9.47. The Labute approximate surface area is 83.3 Å². The monoisotopic (exact) mass is 183 g/mol. The van der Waals surface area contributed by atoms with Crippen LogP contribution in [0.5, 0.6) is 0 Å². The lowest BCUT2D eigenvalue weighted by Crippen LogP contribution is -2.35. The second-order valence-electron chi connectivity index (χ2n) is 4.52. The summed E-state index contributed by atoms with van der Waals surface area (Å²) in [5.74, 6) is 1.89. The molecule has 0 aliphatic heterocycles. The zero-order chi connectivity index (χ0) is 9.68. The zero-order valence-electron chi connectivity index (χ0n) is 9.47. The fraction of sp³-hybridized carbons (Fsp3) is 1.00. The van der Waals surface area contributed by atoms with E-state index in [1.165, 1.54) is 32.1 Å². The highest BCUT2D eigenvalue weighted by molar-refractivity contribution is 4.85. The maximum atomic E-state index is 3.63. The summed E-state index contributed by atoms with van der Waals surface area (Å²) in [6.45, 7) is 8.09. The van der Waals surface area contributed by atoms with Crippen LogP contribution < -0.4 is 5.32 Å². The van der Waals surface area contributed by atoms with Crippen LogP contribution in [0, 0.1) is 11.8 Å². The number of hydrogen-bond donors (Lipinski definition) is 1. The molecule has 3 atom stereocenters. The van der Waals surface area contributed by atoms with Crippen LogP contribution in [0.1, 0.15) is 52.9 Å². The summed E-state index contributed by atoms with van der Waals surface area (Å²) in [5, 5.41) is 3.63. The van der Waals surface area contributed by atoms with Crippen molar-refractivity contribution in [3.63, 3.8) is 0 Å². The highest BCUT2D eigenvalue weighted by atomic mass is 14.9. The molecule has 13 heavy (non-hydrogen) atoms. The van der Waals surface area contributed by atoms with Crippen molar-refractivity contribution < 1.29 is 0 Å². The van der Waals surface area contributed by atoms with Crippen molar-refractivity contribution in [2.45, 2.75) is 58.9 Å². The van der Waals surface area contributed by atoms with E-state index in [4.69, 9.17) is 0 Å². The molecule has 1 heteroatoms. The molecule has 0 amide bonds. The van der Waals surface area contributed by atoms with E-state index in [2.05, 4.69) is 26.1 Å². The van der Waals surface area contributed by atoms with Gasteiger partial charge in [-0.2, -0.15) is 0 Å². The van der Waals surface area contributed by atoms with Crippen molar-refractivity contribution in [3.8, 4) is 0 Å². The molecule has 3 unspecified atom stereocenters. The molecule has 1 aliphatic rings. The van der Waals surface area contributed by atoms with E-state index in [0.717, 1.165) is 24.4 Å². The van der Waals surface area contributed by atoms with E-state index in [9.17, 15) is 0 Å². The number of nitrogens with one attached hydrogen (secondary N) is 1. The predicted molar refractivity (Wildman–Crippen MR) is 58.9 cm³/mol. The molecule has 1 N–H and O–H groups in total. The van der Waals surface area contributed by atoms with Crippen molar-refractivity contribution in [3.05, 3.63) is 0 Å². The molecule has 1 nitrogen and oxygen atoms in total. The molecule has 0 heterocycles. The minimum atomic E-state index is 0.826. The van der Waals surface area contributed by atoms with Gasteiger partial charge in [0.2, 0.25) is 0 Å². The first kappa shape index (κ1) is 11.0. The van der Waals surface area contributed by atoms with Crippen LogP contribution in [0.3, 0.4) is 0 Å². The van der Waals surface area contributed by atoms with Gasteiger partial charge in [0.15, 0.2) is 0 Å². The molecule has 1 fully saturated rings. The van der Waals surface area contributed by atoms with Gasteiger partial charge in [-0.1, -0.05) is 40.0 Å². The quantitative estimate of drug-likeness (QED) is 0.690. The lowest BCUT2D eigenvalue weighted by Gasteiger charge is -2.26. The van der Waals surface area contributed by atoms with Crippen LogP contribution >= 0.6 is 0 Å². The van der Waals surface area contributed by atoms with Gasteiger partial charge in [-0.15, -0.1) is 0 Å². The molecule has 0 radical (unpaired) electrons. The minimum Gasteiger partial charge on any atom is -0.314 e. The van der Waals surface area contributed by atoms with Gasteiger partial charge < -0.3 is 5.32 Å². The third-order valence-corrected chi connectivity index (χ3v) is 3.51. The Morgan fingerprint density at radius 2 is 2.08 bits per heavy atom. The lowest BCUT2D eigenvalue weighted by atomic mass is 9.86. The highest BCUT2D eigenvalue weighted by Crippen LogP contribution is 2.33. The second-order valence-corrected chi connectivity index (χ2v) is 4.52. The van der Waals surface area contributed by atoms with Crippen molar-refractivity contribution >= 4 is 0 Å². The van der Waals surface area contributed by atoms with Gasteiger partial charge in [-0.25, -0.2) is 0 Å². The van der Waals surface area contributed by atoms with E-state index in [0.29, 0.717) is 0 Å². The molecule has 0 saturated heterocycles. The van der Waals surface area contributed by atoms with Crippen molar-refractivity contribution in [1.29, 1.82) is 0 Å². The third kappa shape index (κ3) is 2.98. The fourth-order valence-electron chi connectivity index (χ4n) is 2.85. The van der Waals surface area contributed by atoms with E-state index in [1.54, 1.807) is 0 Å². The Kier molecular flexibility index (Phi) is 4.79. The first-order valence-corrected chi connectivity index (χ1v) is 6.03. The topological polar surface area (TPSA) is 12.0 Å². The molecule has 0 aromatic rings. The summed E-state index contributed by atoms with van der Waals surface area (Å²) in [6.07, 6.45) is 7.06. The maximum Gasteiger partial charge on any atom is 0.00977 e. The van der Waals surface area contributed by atoms with Gasteiger partial charge in [0, 0.05) is 6.04 Å². The smallest absolute Gasteiger partial charge is 0.00977 e. The molecule has 0 bridgehead atoms. The van der Waals surface area contributed by atoms with Gasteiger partial charge in [0.05, 0.1) is 0 Å². The van der Waals surface area contributed by atoms with E-state index < -0.39 is 0 Å². The van der Waals surface area contributed by atoms with Crippen LogP contribution in [0.4, 0.5) is 0 Å². The molecular formula is C12H25N. The molecule has 0 spiro atoms. The summed E-state index contributed by atoms with van der Waals surface area (Å²) in [6, 6.07) is 0.826. The minimum absolute atomic E-state index is 0.826. The molecule has 1 aliphatic carbocycles. The van der Waals surface area contributed by atoms with Crippen molar-refractivity contribution in [1.82, 2.24) is 5.32 Å². The summed E-state index contributed by atoms with van der Waals surface area (Å²) in [7, 11) is 0. The van der Waals surface area contributed by atoms with Crippen LogP contribution in [0.15, 0.2) is 0 Å². The maximum absolute atomic E-state index is 3.63. The average Bonchev–Trinajstić information content (AvgIpc) is 2.54. The van der Waals surface area contributed by atoms with Gasteiger partial charge in [0.25, 0.3) is 0 Å². The van der Waals surface area contributed by atoms with Crippen LogP contribution in [0.25, 0.3) is 0 Å². The summed E-state index contributed by atoms with van der Waals surface area (Å²) >= 11 is 0. The lowest BCUT2D eigenvalue weighted by molar-refractivity contribution is 0.284. The molecule has 1 saturated carbocycles. The Balaban J connectivity index is 2.37. The Hall–Kier alpha value is -0.0400. The van der Waals surface area contributed by atoms with E-state index in [1.807, 2.05) is 0 Å². The molecule has 1 rings (SSSR count). The van der Waals surface area contributed by atoms with Crippen LogP contribution in [-0.4, -0.2) is 12.6 Å². The molecule has 0 aromatic carbocycles. The molecular weight excluding hydrogens is 158 g/mol. The van der Waals surface area contributed by atoms with E-state index >= 15 is 0 Å². The Bertz CT molecular complexity index is 133. The van der Waals surface area contributed by atoms with E-state index in [-0.39, 0.29) is 0 Å². The normalized spacial score (nSPS) is 30.7. The average molecular weight is 183 g/mol. The number of rotatable bonds is 5. The largest absolute Gasteiger partial charge is 0.314 e. The highest BCUT2D eigenvalue weighted by Gasteiger charge is 2.29. The fourth-order valence-corrected chi connectivity index (χ4v) is 2.85. The van der Waals surface area contributed by atoms with Crippen LogP contribution in [-0.2, 0) is 0 Å². The van der Waals surface area contributed by atoms with Crippen molar-refractivity contribution in [2.75, 3.05) is 6.54 Å². The van der Waals surface area contributed by atoms with Gasteiger partial charge in [-0.05, 0) is 31.2 Å². The van der Waals surface area contributed by atoms with Crippen molar-refractivity contribution in [2.24, 2.45) is 11.8 Å². The Morgan fingerprint density at radius 3 is 2.69 bits per heavy atom. The molecule has 0 aromatic heterocycles. The Morgan fingerprint density at radius 1 is 1.31 bits per heavy atom. The summed E-state index contributed by atoms with van der Waals surface area (Å²) in [5.41, 5.74) is 0.